The summed E-state index contributed by atoms with van der Waals surface area (Å²) < 4.78 is 2.35. The second-order valence-electron chi connectivity index (χ2n) is 4.35. The van der Waals surface area contributed by atoms with Crippen LogP contribution in [0.25, 0.3) is 0 Å². The predicted molar refractivity (Wildman–Crippen MR) is 64.2 cm³/mol. The summed E-state index contributed by atoms with van der Waals surface area (Å²) in [6, 6.07) is 0. The lowest BCUT2D eigenvalue weighted by Gasteiger charge is -2.06. The highest BCUT2D eigenvalue weighted by Crippen LogP contribution is 2.15. The lowest BCUT2D eigenvalue weighted by atomic mass is 10.2. The first kappa shape index (κ1) is 12.3. The molecule has 86 valence electrons. The molecule has 0 aliphatic rings. The molecule has 2 nitrogen and oxygen atoms in total. The van der Waals surface area contributed by atoms with E-state index in [-0.39, 0.29) is 0 Å². The topological polar surface area (TPSA) is 25.2 Å². The van der Waals surface area contributed by atoms with Gasteiger partial charge in [-0.2, -0.15) is 0 Å². The summed E-state index contributed by atoms with van der Waals surface area (Å²) in [7, 11) is 0. The fourth-order valence-corrected chi connectivity index (χ4v) is 1.91. The van der Waals surface area contributed by atoms with E-state index in [0.29, 0.717) is 6.61 Å². The number of aliphatic hydroxyl groups excluding tert-OH is 1. The van der Waals surface area contributed by atoms with E-state index in [0.717, 1.165) is 19.4 Å². The van der Waals surface area contributed by atoms with Crippen LogP contribution in [0.5, 0.6) is 0 Å². The summed E-state index contributed by atoms with van der Waals surface area (Å²) in [6.45, 7) is 8.00. The molecular formula is C13H23NO. The zero-order valence-corrected chi connectivity index (χ0v) is 10.2. The first-order valence-corrected chi connectivity index (χ1v) is 5.90. The smallest absolute Gasteiger partial charge is 0.0431 e. The van der Waals surface area contributed by atoms with E-state index in [1.54, 1.807) is 0 Å². The van der Waals surface area contributed by atoms with Gasteiger partial charge in [-0.05, 0) is 44.7 Å². The van der Waals surface area contributed by atoms with E-state index in [4.69, 9.17) is 5.11 Å². The van der Waals surface area contributed by atoms with E-state index < -0.39 is 0 Å². The molecule has 0 saturated heterocycles. The van der Waals surface area contributed by atoms with Gasteiger partial charge in [-0.25, -0.2) is 0 Å². The van der Waals surface area contributed by atoms with Gasteiger partial charge in [0.2, 0.25) is 0 Å². The van der Waals surface area contributed by atoms with Gasteiger partial charge in [0.1, 0.15) is 0 Å². The number of hydrogen-bond donors (Lipinski definition) is 1. The van der Waals surface area contributed by atoms with Crippen molar-refractivity contribution in [1.29, 1.82) is 0 Å². The maximum Gasteiger partial charge on any atom is 0.0431 e. The molecule has 0 fully saturated rings. The van der Waals surface area contributed by atoms with Gasteiger partial charge < -0.3 is 9.67 Å². The van der Waals surface area contributed by atoms with E-state index in [2.05, 4.69) is 31.5 Å². The summed E-state index contributed by atoms with van der Waals surface area (Å²) in [5.41, 5.74) is 4.21. The van der Waals surface area contributed by atoms with Gasteiger partial charge >= 0.3 is 0 Å². The van der Waals surface area contributed by atoms with Crippen LogP contribution in [0, 0.1) is 20.8 Å². The Morgan fingerprint density at radius 3 is 2.27 bits per heavy atom. The molecule has 0 aromatic carbocycles. The largest absolute Gasteiger partial charge is 0.396 e. The zero-order valence-electron chi connectivity index (χ0n) is 10.2. The summed E-state index contributed by atoms with van der Waals surface area (Å²) >= 11 is 0. The molecule has 2 heteroatoms. The Bertz CT molecular complexity index is 302. The summed E-state index contributed by atoms with van der Waals surface area (Å²) in [5.74, 6) is 0. The molecule has 0 radical (unpaired) electrons. The molecule has 0 atom stereocenters. The average Bonchev–Trinajstić information content (AvgIpc) is 2.46. The summed E-state index contributed by atoms with van der Waals surface area (Å²) in [5, 5.41) is 8.66. The van der Waals surface area contributed by atoms with Gasteiger partial charge in [-0.1, -0.05) is 12.8 Å². The fourth-order valence-electron chi connectivity index (χ4n) is 1.91. The van der Waals surface area contributed by atoms with Crippen LogP contribution in [0.4, 0.5) is 0 Å². The van der Waals surface area contributed by atoms with E-state index >= 15 is 0 Å². The number of aryl methyl sites for hydroxylation is 2. The molecule has 0 saturated carbocycles. The van der Waals surface area contributed by atoms with E-state index in [1.165, 1.54) is 29.7 Å². The van der Waals surface area contributed by atoms with Crippen LogP contribution in [-0.4, -0.2) is 16.3 Å². The van der Waals surface area contributed by atoms with Crippen molar-refractivity contribution in [2.75, 3.05) is 6.61 Å². The molecule has 1 N–H and O–H groups in total. The normalized spacial score (nSPS) is 10.9. The Morgan fingerprint density at radius 1 is 1.07 bits per heavy atom. The first-order valence-electron chi connectivity index (χ1n) is 5.90. The average molecular weight is 209 g/mol. The Kier molecular flexibility index (Phi) is 4.89. The molecule has 0 aliphatic carbocycles. The Labute approximate surface area is 92.9 Å². The molecule has 0 unspecified atom stereocenters. The van der Waals surface area contributed by atoms with Crippen molar-refractivity contribution in [2.24, 2.45) is 0 Å². The van der Waals surface area contributed by atoms with Crippen LogP contribution in [0.2, 0.25) is 0 Å². The van der Waals surface area contributed by atoms with Crippen LogP contribution in [0.15, 0.2) is 6.20 Å². The van der Waals surface area contributed by atoms with Gasteiger partial charge in [0, 0.05) is 25.0 Å². The van der Waals surface area contributed by atoms with Gasteiger partial charge in [-0.15, -0.1) is 0 Å². The number of rotatable bonds is 6. The Hall–Kier alpha value is -0.760. The van der Waals surface area contributed by atoms with Crippen molar-refractivity contribution in [3.05, 3.63) is 23.0 Å². The molecule has 1 aromatic heterocycles. The van der Waals surface area contributed by atoms with Crippen molar-refractivity contribution in [2.45, 2.75) is 53.0 Å². The van der Waals surface area contributed by atoms with Gasteiger partial charge in [0.15, 0.2) is 0 Å². The lowest BCUT2D eigenvalue weighted by Crippen LogP contribution is -1.99. The van der Waals surface area contributed by atoms with Crippen molar-refractivity contribution in [3.8, 4) is 0 Å². The maximum absolute atomic E-state index is 8.66. The highest BCUT2D eigenvalue weighted by Gasteiger charge is 2.04. The number of nitrogens with zero attached hydrogens (tertiary/aromatic N) is 1. The molecule has 15 heavy (non-hydrogen) atoms. The van der Waals surface area contributed by atoms with Gasteiger partial charge in [0.25, 0.3) is 0 Å². The third-order valence-corrected chi connectivity index (χ3v) is 3.22. The van der Waals surface area contributed by atoms with Crippen molar-refractivity contribution in [3.63, 3.8) is 0 Å². The SMILES string of the molecule is Cc1cn(CCCCCCO)c(C)c1C. The first-order chi connectivity index (χ1) is 7.16. The van der Waals surface area contributed by atoms with Gasteiger partial charge in [-0.3, -0.25) is 0 Å². The van der Waals surface area contributed by atoms with Crippen LogP contribution >= 0.6 is 0 Å². The number of unbranched alkanes of at least 4 members (excludes halogenated alkanes) is 3. The third-order valence-electron chi connectivity index (χ3n) is 3.22. The number of hydrogen-bond acceptors (Lipinski definition) is 1. The van der Waals surface area contributed by atoms with Crippen LogP contribution in [0.3, 0.4) is 0 Å². The minimum atomic E-state index is 0.334. The predicted octanol–water partition coefficient (Wildman–Crippen LogP) is 2.97. The van der Waals surface area contributed by atoms with Crippen molar-refractivity contribution < 1.29 is 5.11 Å². The molecule has 0 spiro atoms. The molecule has 1 aromatic rings. The molecular weight excluding hydrogens is 186 g/mol. The number of aromatic nitrogens is 1. The van der Waals surface area contributed by atoms with Crippen molar-refractivity contribution >= 4 is 0 Å². The lowest BCUT2D eigenvalue weighted by molar-refractivity contribution is 0.282. The van der Waals surface area contributed by atoms with Gasteiger partial charge in [0.05, 0.1) is 0 Å². The standard InChI is InChI=1S/C13H23NO/c1-11-10-14(13(3)12(11)2)8-6-4-5-7-9-15/h10,15H,4-9H2,1-3H3. The molecule has 1 rings (SSSR count). The minimum Gasteiger partial charge on any atom is -0.396 e. The van der Waals surface area contributed by atoms with E-state index in [1.807, 2.05) is 0 Å². The highest BCUT2D eigenvalue weighted by molar-refractivity contribution is 5.28. The number of aliphatic hydroxyl groups is 1. The fraction of sp³-hybridized carbons (Fsp3) is 0.692. The molecule has 0 bridgehead atoms. The van der Waals surface area contributed by atoms with E-state index in [9.17, 15) is 0 Å². The molecule has 1 heterocycles. The highest BCUT2D eigenvalue weighted by atomic mass is 16.2. The van der Waals surface area contributed by atoms with Crippen molar-refractivity contribution in [1.82, 2.24) is 4.57 Å². The second-order valence-corrected chi connectivity index (χ2v) is 4.35. The second kappa shape index (κ2) is 5.96. The minimum absolute atomic E-state index is 0.334. The quantitative estimate of drug-likeness (QED) is 0.716. The maximum atomic E-state index is 8.66. The Balaban J connectivity index is 2.34. The van der Waals surface area contributed by atoms with Crippen LogP contribution in [0.1, 0.15) is 42.5 Å². The molecule has 0 amide bonds. The third kappa shape index (κ3) is 3.38. The summed E-state index contributed by atoms with van der Waals surface area (Å²) in [6.07, 6.45) is 6.78. The summed E-state index contributed by atoms with van der Waals surface area (Å²) in [4.78, 5) is 0. The van der Waals surface area contributed by atoms with Crippen LogP contribution < -0.4 is 0 Å². The Morgan fingerprint density at radius 2 is 1.73 bits per heavy atom. The zero-order chi connectivity index (χ0) is 11.3. The molecule has 0 aliphatic heterocycles. The monoisotopic (exact) mass is 209 g/mol. The van der Waals surface area contributed by atoms with Crippen LogP contribution in [-0.2, 0) is 6.54 Å².